The number of nitrogens with zero attached hydrogens (tertiary/aromatic N) is 3. The molecule has 4 rings (SSSR count). The van der Waals surface area contributed by atoms with Crippen LogP contribution in [0.25, 0.3) is 5.52 Å². The summed E-state index contributed by atoms with van der Waals surface area (Å²) in [6, 6.07) is 2.17. The highest BCUT2D eigenvalue weighted by Gasteiger charge is 2.39. The number of anilines is 1. The van der Waals surface area contributed by atoms with Crippen LogP contribution in [0.1, 0.15) is 51.1 Å². The zero-order valence-electron chi connectivity index (χ0n) is 14.0. The number of halogens is 1. The van der Waals surface area contributed by atoms with Gasteiger partial charge in [0.25, 0.3) is 0 Å². The van der Waals surface area contributed by atoms with Crippen molar-refractivity contribution in [3.63, 3.8) is 0 Å². The summed E-state index contributed by atoms with van der Waals surface area (Å²) in [5.41, 5.74) is 8.24. The molecule has 24 heavy (non-hydrogen) atoms. The third-order valence-electron chi connectivity index (χ3n) is 5.15. The van der Waals surface area contributed by atoms with Gasteiger partial charge < -0.3 is 15.6 Å². The van der Waals surface area contributed by atoms with Crippen molar-refractivity contribution in [1.29, 1.82) is 0 Å². The number of fused-ring (bicyclic) bond motifs is 1. The van der Waals surface area contributed by atoms with Gasteiger partial charge in [0.15, 0.2) is 0 Å². The van der Waals surface area contributed by atoms with Crippen molar-refractivity contribution in [2.45, 2.75) is 57.0 Å². The van der Waals surface area contributed by atoms with Crippen molar-refractivity contribution in [1.82, 2.24) is 14.6 Å². The predicted octanol–water partition coefficient (Wildman–Crippen LogP) is 3.06. The van der Waals surface area contributed by atoms with Gasteiger partial charge in [-0.25, -0.2) is 9.50 Å². The minimum Gasteiger partial charge on any atom is -0.391 e. The van der Waals surface area contributed by atoms with Crippen molar-refractivity contribution in [3.05, 3.63) is 22.4 Å². The fourth-order valence-corrected chi connectivity index (χ4v) is 3.95. The fourth-order valence-electron chi connectivity index (χ4n) is 3.46. The van der Waals surface area contributed by atoms with Gasteiger partial charge in [-0.05, 0) is 54.1 Å². The highest BCUT2D eigenvalue weighted by Crippen LogP contribution is 2.47. The number of aromatic nitrogens is 3. The van der Waals surface area contributed by atoms with Gasteiger partial charge in [-0.1, -0.05) is 13.3 Å². The number of nitrogen functional groups attached to an aromatic ring is 1. The maximum absolute atomic E-state index is 8.78. The molecule has 2 aliphatic rings. The number of hydrogen-bond donors (Lipinski definition) is 2. The van der Waals surface area contributed by atoms with Crippen LogP contribution in [-0.4, -0.2) is 39.0 Å². The van der Waals surface area contributed by atoms with Crippen molar-refractivity contribution in [2.75, 3.05) is 18.9 Å². The second-order valence-corrected chi connectivity index (χ2v) is 7.50. The molecule has 0 amide bonds. The van der Waals surface area contributed by atoms with Crippen LogP contribution in [0.15, 0.2) is 16.7 Å². The maximum atomic E-state index is 8.78. The summed E-state index contributed by atoms with van der Waals surface area (Å²) >= 11 is 3.58. The smallest absolute Gasteiger partial charge is 0.238 e. The summed E-state index contributed by atoms with van der Waals surface area (Å²) in [7, 11) is 0. The average molecular weight is 397 g/mol. The van der Waals surface area contributed by atoms with Gasteiger partial charge in [0.2, 0.25) is 5.95 Å². The van der Waals surface area contributed by atoms with E-state index < -0.39 is 0 Å². The fraction of sp³-hybridized carbons (Fsp3) is 0.647. The van der Waals surface area contributed by atoms with Crippen molar-refractivity contribution in [3.8, 4) is 0 Å². The molecule has 0 spiro atoms. The SMILES string of the molecule is CCC1(c2cc(Br)c3cnc(N)nn23)CCC1.OC1CCCOC1. The van der Waals surface area contributed by atoms with E-state index in [9.17, 15) is 0 Å². The van der Waals surface area contributed by atoms with Gasteiger partial charge in [-0.15, -0.1) is 5.10 Å². The Morgan fingerprint density at radius 2 is 2.25 bits per heavy atom. The molecule has 1 saturated heterocycles. The third-order valence-corrected chi connectivity index (χ3v) is 5.79. The Morgan fingerprint density at radius 3 is 2.75 bits per heavy atom. The van der Waals surface area contributed by atoms with Crippen LogP contribution in [-0.2, 0) is 10.2 Å². The molecule has 2 aromatic heterocycles. The molecule has 1 atom stereocenters. The summed E-state index contributed by atoms with van der Waals surface area (Å²) in [5.74, 6) is 0.326. The van der Waals surface area contributed by atoms with Crippen LogP contribution < -0.4 is 5.73 Å². The number of ether oxygens (including phenoxy) is 1. The zero-order chi connectivity index (χ0) is 17.2. The molecule has 6 nitrogen and oxygen atoms in total. The lowest BCUT2D eigenvalue weighted by Crippen LogP contribution is -2.35. The number of hydrogen-bond acceptors (Lipinski definition) is 5. The molecular weight excluding hydrogens is 372 g/mol. The lowest BCUT2D eigenvalue weighted by Gasteiger charge is -2.40. The predicted molar refractivity (Wildman–Crippen MR) is 97.0 cm³/mol. The molecule has 7 heteroatoms. The maximum Gasteiger partial charge on any atom is 0.238 e. The Morgan fingerprint density at radius 1 is 1.46 bits per heavy atom. The Hall–Kier alpha value is -1.18. The first-order valence-electron chi connectivity index (χ1n) is 8.62. The Kier molecular flexibility index (Phi) is 5.42. The van der Waals surface area contributed by atoms with Gasteiger partial charge >= 0.3 is 0 Å². The molecule has 0 bridgehead atoms. The molecule has 0 radical (unpaired) electrons. The summed E-state index contributed by atoms with van der Waals surface area (Å²) in [6.45, 7) is 3.62. The highest BCUT2D eigenvalue weighted by atomic mass is 79.9. The van der Waals surface area contributed by atoms with Crippen LogP contribution in [0.4, 0.5) is 5.95 Å². The lowest BCUT2D eigenvalue weighted by atomic mass is 9.65. The molecule has 0 aromatic carbocycles. The summed E-state index contributed by atoms with van der Waals surface area (Å²) in [6.07, 6.45) is 8.46. The van der Waals surface area contributed by atoms with Gasteiger partial charge in [0.05, 0.1) is 30.1 Å². The molecule has 2 fully saturated rings. The van der Waals surface area contributed by atoms with Gasteiger partial charge in [0, 0.05) is 16.5 Å². The first kappa shape index (κ1) is 17.6. The van der Waals surface area contributed by atoms with E-state index in [1.54, 1.807) is 6.20 Å². The van der Waals surface area contributed by atoms with E-state index in [0.717, 1.165) is 35.9 Å². The summed E-state index contributed by atoms with van der Waals surface area (Å²) in [4.78, 5) is 4.05. The van der Waals surface area contributed by atoms with Crippen LogP contribution in [0, 0.1) is 0 Å². The number of nitrogens with two attached hydrogens (primary N) is 1. The van der Waals surface area contributed by atoms with Gasteiger partial charge in [-0.2, -0.15) is 0 Å². The lowest BCUT2D eigenvalue weighted by molar-refractivity contribution is -0.00535. The molecule has 3 N–H and O–H groups in total. The third kappa shape index (κ3) is 3.43. The first-order chi connectivity index (χ1) is 11.6. The van der Waals surface area contributed by atoms with Crippen LogP contribution in [0.5, 0.6) is 0 Å². The minimum atomic E-state index is -0.186. The molecule has 1 saturated carbocycles. The second kappa shape index (κ2) is 7.37. The summed E-state index contributed by atoms with van der Waals surface area (Å²) in [5, 5.41) is 13.1. The quantitative estimate of drug-likeness (QED) is 0.814. The minimum absolute atomic E-state index is 0.186. The van der Waals surface area contributed by atoms with Crippen LogP contribution in [0.2, 0.25) is 0 Å². The topological polar surface area (TPSA) is 85.7 Å². The van der Waals surface area contributed by atoms with Crippen LogP contribution >= 0.6 is 15.9 Å². The molecule has 1 aliphatic carbocycles. The Labute approximate surface area is 150 Å². The molecule has 1 unspecified atom stereocenters. The molecule has 132 valence electrons. The van der Waals surface area contributed by atoms with E-state index in [0.29, 0.717) is 12.6 Å². The first-order valence-corrected chi connectivity index (χ1v) is 9.41. The van der Waals surface area contributed by atoms with Crippen molar-refractivity contribution < 1.29 is 9.84 Å². The van der Waals surface area contributed by atoms with E-state index >= 15 is 0 Å². The van der Waals surface area contributed by atoms with E-state index in [4.69, 9.17) is 15.6 Å². The van der Waals surface area contributed by atoms with Crippen molar-refractivity contribution in [2.24, 2.45) is 0 Å². The van der Waals surface area contributed by atoms with Gasteiger partial charge in [-0.3, -0.25) is 0 Å². The highest BCUT2D eigenvalue weighted by molar-refractivity contribution is 9.10. The van der Waals surface area contributed by atoms with E-state index in [1.807, 2.05) is 4.52 Å². The van der Waals surface area contributed by atoms with E-state index in [1.165, 1.54) is 25.0 Å². The molecule has 2 aromatic rings. The number of aliphatic hydroxyl groups is 1. The zero-order valence-corrected chi connectivity index (χ0v) is 15.6. The van der Waals surface area contributed by atoms with Gasteiger partial charge in [0.1, 0.15) is 0 Å². The molecular formula is C17H25BrN4O2. The standard InChI is InChI=1S/C12H15BrN4.C5H10O2/c1-2-12(4-3-5-12)10-6-8(13)9-7-15-11(14)16-17(9)10;6-5-2-1-3-7-4-5/h6-7H,2-5H2,1H3,(H2,14,16);5-6H,1-4H2. The second-order valence-electron chi connectivity index (χ2n) is 6.65. The van der Waals surface area contributed by atoms with E-state index in [2.05, 4.69) is 39.0 Å². The average Bonchev–Trinajstić information content (AvgIpc) is 2.85. The monoisotopic (exact) mass is 396 g/mol. The Balaban J connectivity index is 0.000000203. The molecule has 1 aliphatic heterocycles. The summed E-state index contributed by atoms with van der Waals surface area (Å²) < 4.78 is 7.93. The van der Waals surface area contributed by atoms with Crippen molar-refractivity contribution >= 4 is 27.4 Å². The normalized spacial score (nSPS) is 22.5. The largest absolute Gasteiger partial charge is 0.391 e. The number of aliphatic hydroxyl groups excluding tert-OH is 1. The molecule has 3 heterocycles. The Bertz CT molecular complexity index is 688. The van der Waals surface area contributed by atoms with Crippen LogP contribution in [0.3, 0.4) is 0 Å². The number of rotatable bonds is 2. The van der Waals surface area contributed by atoms with E-state index in [-0.39, 0.29) is 11.5 Å².